The first-order valence-electron chi connectivity index (χ1n) is 7.43. The Labute approximate surface area is 123 Å². The molecule has 2 bridgehead atoms. The van der Waals surface area contributed by atoms with Crippen LogP contribution in [0.25, 0.3) is 0 Å². The van der Waals surface area contributed by atoms with Crippen LogP contribution in [0.15, 0.2) is 18.2 Å². The molecular formula is C16H20FNO3. The number of aliphatic hydroxyl groups is 1. The zero-order chi connectivity index (χ0) is 15.1. The SMILES string of the molecule is CC1C(O)CC2CCC1N2Cc1ccc(C(=O)O)cc1F. The van der Waals surface area contributed by atoms with E-state index in [1.165, 1.54) is 6.07 Å². The van der Waals surface area contributed by atoms with Crippen LogP contribution in [-0.4, -0.2) is 39.3 Å². The van der Waals surface area contributed by atoms with Crippen LogP contribution in [0.3, 0.4) is 0 Å². The van der Waals surface area contributed by atoms with E-state index in [0.717, 1.165) is 25.3 Å². The van der Waals surface area contributed by atoms with Crippen LogP contribution in [0.1, 0.15) is 42.1 Å². The van der Waals surface area contributed by atoms with Crippen molar-refractivity contribution in [3.63, 3.8) is 0 Å². The molecule has 4 nitrogen and oxygen atoms in total. The number of rotatable bonds is 3. The van der Waals surface area contributed by atoms with Crippen LogP contribution < -0.4 is 0 Å². The molecule has 4 atom stereocenters. The van der Waals surface area contributed by atoms with Crippen molar-refractivity contribution in [3.8, 4) is 0 Å². The summed E-state index contributed by atoms with van der Waals surface area (Å²) in [5, 5.41) is 18.9. The van der Waals surface area contributed by atoms with Crippen molar-refractivity contribution in [2.75, 3.05) is 0 Å². The maximum absolute atomic E-state index is 14.1. The van der Waals surface area contributed by atoms with Gasteiger partial charge < -0.3 is 10.2 Å². The van der Waals surface area contributed by atoms with Crippen LogP contribution in [-0.2, 0) is 6.54 Å². The third-order valence-corrected chi connectivity index (χ3v) is 5.07. The van der Waals surface area contributed by atoms with Gasteiger partial charge in [-0.05, 0) is 37.3 Å². The summed E-state index contributed by atoms with van der Waals surface area (Å²) in [7, 11) is 0. The average molecular weight is 293 g/mol. The van der Waals surface area contributed by atoms with E-state index in [0.29, 0.717) is 18.2 Å². The van der Waals surface area contributed by atoms with Crippen LogP contribution >= 0.6 is 0 Å². The Morgan fingerprint density at radius 3 is 2.86 bits per heavy atom. The highest BCUT2D eigenvalue weighted by atomic mass is 19.1. The minimum absolute atomic E-state index is 0.0262. The number of piperidine rings is 1. The third kappa shape index (κ3) is 2.56. The highest BCUT2D eigenvalue weighted by Crippen LogP contribution is 2.40. The summed E-state index contributed by atoms with van der Waals surface area (Å²) in [5.41, 5.74) is 0.502. The lowest BCUT2D eigenvalue weighted by Gasteiger charge is -2.41. The van der Waals surface area contributed by atoms with Crippen molar-refractivity contribution in [3.05, 3.63) is 35.1 Å². The molecule has 0 saturated carbocycles. The van der Waals surface area contributed by atoms with E-state index in [-0.39, 0.29) is 23.6 Å². The van der Waals surface area contributed by atoms with Gasteiger partial charge in [0.2, 0.25) is 0 Å². The average Bonchev–Trinajstić information content (AvgIpc) is 2.75. The number of fused-ring (bicyclic) bond motifs is 2. The molecule has 2 N–H and O–H groups in total. The van der Waals surface area contributed by atoms with Crippen molar-refractivity contribution in [1.29, 1.82) is 0 Å². The van der Waals surface area contributed by atoms with Crippen LogP contribution in [0, 0.1) is 11.7 Å². The normalized spacial score (nSPS) is 32.3. The molecule has 2 heterocycles. The lowest BCUT2D eigenvalue weighted by atomic mass is 9.88. The maximum Gasteiger partial charge on any atom is 0.335 e. The number of halogens is 1. The molecule has 2 aliphatic heterocycles. The highest BCUT2D eigenvalue weighted by molar-refractivity contribution is 5.87. The molecule has 1 aromatic carbocycles. The number of hydrogen-bond donors (Lipinski definition) is 2. The Morgan fingerprint density at radius 2 is 2.19 bits per heavy atom. The molecule has 0 radical (unpaired) electrons. The number of aliphatic hydroxyl groups excluding tert-OH is 1. The van der Waals surface area contributed by atoms with Gasteiger partial charge in [-0.25, -0.2) is 9.18 Å². The molecule has 5 heteroatoms. The molecular weight excluding hydrogens is 273 g/mol. The van der Waals surface area contributed by atoms with Crippen molar-refractivity contribution >= 4 is 5.97 Å². The van der Waals surface area contributed by atoms with Gasteiger partial charge in [0.15, 0.2) is 0 Å². The summed E-state index contributed by atoms with van der Waals surface area (Å²) >= 11 is 0. The fourth-order valence-corrected chi connectivity index (χ4v) is 3.79. The maximum atomic E-state index is 14.1. The quantitative estimate of drug-likeness (QED) is 0.897. The van der Waals surface area contributed by atoms with Crippen molar-refractivity contribution in [1.82, 2.24) is 4.90 Å². The predicted molar refractivity (Wildman–Crippen MR) is 75.5 cm³/mol. The fourth-order valence-electron chi connectivity index (χ4n) is 3.79. The second-order valence-corrected chi connectivity index (χ2v) is 6.24. The van der Waals surface area contributed by atoms with Gasteiger partial charge >= 0.3 is 5.97 Å². The minimum atomic E-state index is -1.12. The molecule has 3 rings (SSSR count). The largest absolute Gasteiger partial charge is 0.478 e. The van der Waals surface area contributed by atoms with E-state index in [1.807, 2.05) is 6.92 Å². The lowest BCUT2D eigenvalue weighted by Crippen LogP contribution is -2.49. The van der Waals surface area contributed by atoms with Crippen molar-refractivity contribution < 1.29 is 19.4 Å². The van der Waals surface area contributed by atoms with Crippen LogP contribution in [0.4, 0.5) is 4.39 Å². The Kier molecular flexibility index (Phi) is 3.71. The summed E-state index contributed by atoms with van der Waals surface area (Å²) in [6.07, 6.45) is 2.56. The van der Waals surface area contributed by atoms with Crippen molar-refractivity contribution in [2.45, 2.75) is 50.9 Å². The van der Waals surface area contributed by atoms with Crippen LogP contribution in [0.2, 0.25) is 0 Å². The first-order chi connectivity index (χ1) is 9.97. The second kappa shape index (κ2) is 5.39. The minimum Gasteiger partial charge on any atom is -0.478 e. The first kappa shape index (κ1) is 14.5. The van der Waals surface area contributed by atoms with E-state index in [4.69, 9.17) is 5.11 Å². The number of nitrogens with zero attached hydrogens (tertiary/aromatic N) is 1. The summed E-state index contributed by atoms with van der Waals surface area (Å²) in [6, 6.07) is 4.69. The van der Waals surface area contributed by atoms with Gasteiger partial charge in [-0.2, -0.15) is 0 Å². The van der Waals surface area contributed by atoms with E-state index in [2.05, 4.69) is 4.90 Å². The molecule has 1 aromatic rings. The molecule has 21 heavy (non-hydrogen) atoms. The summed E-state index contributed by atoms with van der Waals surface area (Å²) < 4.78 is 14.1. The number of carboxylic acid groups (broad SMARTS) is 1. The summed E-state index contributed by atoms with van der Waals surface area (Å²) in [4.78, 5) is 13.1. The zero-order valence-electron chi connectivity index (χ0n) is 12.0. The molecule has 4 unspecified atom stereocenters. The summed E-state index contributed by atoms with van der Waals surface area (Å²) in [5.74, 6) is -1.38. The van der Waals surface area contributed by atoms with Gasteiger partial charge in [0, 0.05) is 24.2 Å². The molecule has 2 aliphatic rings. The van der Waals surface area contributed by atoms with Crippen molar-refractivity contribution in [2.24, 2.45) is 5.92 Å². The Morgan fingerprint density at radius 1 is 1.43 bits per heavy atom. The highest BCUT2D eigenvalue weighted by Gasteiger charge is 2.44. The van der Waals surface area contributed by atoms with Gasteiger partial charge in [-0.15, -0.1) is 0 Å². The first-order valence-corrected chi connectivity index (χ1v) is 7.43. The molecule has 0 aliphatic carbocycles. The van der Waals surface area contributed by atoms with Gasteiger partial charge in [0.05, 0.1) is 11.7 Å². The number of aromatic carboxylic acids is 1. The van der Waals surface area contributed by atoms with Gasteiger partial charge in [0.1, 0.15) is 5.82 Å². The molecule has 2 fully saturated rings. The number of benzene rings is 1. The molecule has 114 valence electrons. The Hall–Kier alpha value is -1.46. The lowest BCUT2D eigenvalue weighted by molar-refractivity contribution is -0.0151. The zero-order valence-corrected chi connectivity index (χ0v) is 12.0. The van der Waals surface area contributed by atoms with Gasteiger partial charge in [-0.3, -0.25) is 4.90 Å². The molecule has 0 aromatic heterocycles. The summed E-state index contributed by atoms with van der Waals surface area (Å²) in [6.45, 7) is 2.53. The van der Waals surface area contributed by atoms with Gasteiger partial charge in [-0.1, -0.05) is 13.0 Å². The number of hydrogen-bond acceptors (Lipinski definition) is 3. The fraction of sp³-hybridized carbons (Fsp3) is 0.562. The third-order valence-electron chi connectivity index (χ3n) is 5.07. The van der Waals surface area contributed by atoms with E-state index in [1.54, 1.807) is 6.07 Å². The number of carbonyl (C=O) groups is 1. The standard InChI is InChI=1S/C16H20FNO3/c1-9-14-5-4-12(7-15(9)19)18(14)8-11-3-2-10(16(20)21)6-13(11)17/h2-3,6,9,12,14-15,19H,4-5,7-8H2,1H3,(H,20,21). The smallest absolute Gasteiger partial charge is 0.335 e. The topological polar surface area (TPSA) is 60.8 Å². The second-order valence-electron chi connectivity index (χ2n) is 6.24. The Balaban J connectivity index is 1.80. The predicted octanol–water partition coefficient (Wildman–Crippen LogP) is 2.26. The van der Waals surface area contributed by atoms with E-state index in [9.17, 15) is 14.3 Å². The Bertz CT molecular complexity index is 562. The van der Waals surface area contributed by atoms with Crippen LogP contribution in [0.5, 0.6) is 0 Å². The molecule has 2 saturated heterocycles. The van der Waals surface area contributed by atoms with E-state index >= 15 is 0 Å². The monoisotopic (exact) mass is 293 g/mol. The van der Waals surface area contributed by atoms with Gasteiger partial charge in [0.25, 0.3) is 0 Å². The van der Waals surface area contributed by atoms with E-state index < -0.39 is 11.8 Å². The molecule has 0 spiro atoms. The molecule has 0 amide bonds. The number of carboxylic acids is 1.